The summed E-state index contributed by atoms with van der Waals surface area (Å²) in [4.78, 5) is 2.37. The van der Waals surface area contributed by atoms with E-state index in [0.29, 0.717) is 16.1 Å². The second-order valence-corrected chi connectivity index (χ2v) is 5.20. The number of nitrogens with two attached hydrogens (primary N) is 1. The monoisotopic (exact) mass is 258 g/mol. The molecular formula is C12H16Cl2N2. The molecule has 2 rings (SSSR count). The van der Waals surface area contributed by atoms with E-state index >= 15 is 0 Å². The van der Waals surface area contributed by atoms with Crippen molar-refractivity contribution in [3.8, 4) is 0 Å². The molecule has 0 spiro atoms. The fourth-order valence-corrected chi connectivity index (χ4v) is 2.45. The summed E-state index contributed by atoms with van der Waals surface area (Å²) in [5.41, 5.74) is 7.14. The van der Waals surface area contributed by atoms with Gasteiger partial charge in [-0.15, -0.1) is 0 Å². The number of piperidine rings is 1. The molecule has 1 fully saturated rings. The van der Waals surface area contributed by atoms with Crippen molar-refractivity contribution in [1.29, 1.82) is 0 Å². The van der Waals surface area contributed by atoms with Crippen LogP contribution in [0.4, 0.5) is 0 Å². The number of hydrogen-bond donors (Lipinski definition) is 1. The first kappa shape index (κ1) is 12.2. The summed E-state index contributed by atoms with van der Waals surface area (Å²) in [7, 11) is 0. The Morgan fingerprint density at radius 2 is 2.12 bits per heavy atom. The fraction of sp³-hybridized carbons (Fsp3) is 0.500. The number of hydrogen-bond acceptors (Lipinski definition) is 2. The highest BCUT2D eigenvalue weighted by atomic mass is 35.5. The molecule has 0 unspecified atom stereocenters. The van der Waals surface area contributed by atoms with Crippen LogP contribution in [0.2, 0.25) is 10.0 Å². The van der Waals surface area contributed by atoms with Crippen LogP contribution in [0.25, 0.3) is 0 Å². The average molecular weight is 259 g/mol. The average Bonchev–Trinajstić information content (AvgIpc) is 2.24. The summed E-state index contributed by atoms with van der Waals surface area (Å²) in [5.74, 6) is 0. The van der Waals surface area contributed by atoms with Crippen LogP contribution >= 0.6 is 23.2 Å². The van der Waals surface area contributed by atoms with Gasteiger partial charge < -0.3 is 5.73 Å². The third-order valence-corrected chi connectivity index (χ3v) is 3.67. The molecule has 16 heavy (non-hydrogen) atoms. The molecule has 0 amide bonds. The lowest BCUT2D eigenvalue weighted by Crippen LogP contribution is -2.42. The van der Waals surface area contributed by atoms with Crippen LogP contribution in [0.5, 0.6) is 0 Å². The van der Waals surface area contributed by atoms with Crippen molar-refractivity contribution in [3.63, 3.8) is 0 Å². The molecule has 1 atom stereocenters. The topological polar surface area (TPSA) is 29.3 Å². The second kappa shape index (κ2) is 5.37. The molecule has 1 aliphatic rings. The van der Waals surface area contributed by atoms with Crippen molar-refractivity contribution in [1.82, 2.24) is 4.90 Å². The quantitative estimate of drug-likeness (QED) is 0.884. The number of benzene rings is 1. The predicted octanol–water partition coefficient (Wildman–Crippen LogP) is 2.92. The van der Waals surface area contributed by atoms with Crippen molar-refractivity contribution in [2.24, 2.45) is 5.73 Å². The summed E-state index contributed by atoms with van der Waals surface area (Å²) in [5, 5.41) is 1.24. The highest BCUT2D eigenvalue weighted by Crippen LogP contribution is 2.23. The second-order valence-electron chi connectivity index (χ2n) is 4.39. The van der Waals surface area contributed by atoms with Crippen LogP contribution in [0.1, 0.15) is 18.4 Å². The van der Waals surface area contributed by atoms with Gasteiger partial charge >= 0.3 is 0 Å². The minimum Gasteiger partial charge on any atom is -0.327 e. The Morgan fingerprint density at radius 1 is 1.31 bits per heavy atom. The van der Waals surface area contributed by atoms with Gasteiger partial charge in [-0.05, 0) is 37.1 Å². The predicted molar refractivity (Wildman–Crippen MR) is 68.9 cm³/mol. The smallest absolute Gasteiger partial charge is 0.0595 e. The van der Waals surface area contributed by atoms with Crippen LogP contribution in [0, 0.1) is 0 Å². The molecule has 1 saturated heterocycles. The molecule has 1 aromatic carbocycles. The largest absolute Gasteiger partial charge is 0.327 e. The van der Waals surface area contributed by atoms with E-state index in [-0.39, 0.29) is 0 Å². The van der Waals surface area contributed by atoms with Gasteiger partial charge in [0.2, 0.25) is 0 Å². The SMILES string of the molecule is N[C@H]1CCCN(Cc2ccc(Cl)c(Cl)c2)C1. The van der Waals surface area contributed by atoms with Crippen molar-refractivity contribution >= 4 is 23.2 Å². The zero-order valence-electron chi connectivity index (χ0n) is 9.13. The number of nitrogens with zero attached hydrogens (tertiary/aromatic N) is 1. The Hall–Kier alpha value is -0.280. The van der Waals surface area contributed by atoms with Gasteiger partial charge in [0.1, 0.15) is 0 Å². The third-order valence-electron chi connectivity index (χ3n) is 2.93. The van der Waals surface area contributed by atoms with Gasteiger partial charge in [0.05, 0.1) is 10.0 Å². The molecule has 2 nitrogen and oxygen atoms in total. The lowest BCUT2D eigenvalue weighted by Gasteiger charge is -2.30. The van der Waals surface area contributed by atoms with Crippen molar-refractivity contribution in [2.75, 3.05) is 13.1 Å². The fourth-order valence-electron chi connectivity index (χ4n) is 2.13. The van der Waals surface area contributed by atoms with Crippen LogP contribution in [0.15, 0.2) is 18.2 Å². The lowest BCUT2D eigenvalue weighted by atomic mass is 10.1. The van der Waals surface area contributed by atoms with E-state index in [1.165, 1.54) is 12.0 Å². The molecule has 2 N–H and O–H groups in total. The van der Waals surface area contributed by atoms with Gasteiger partial charge in [-0.3, -0.25) is 4.90 Å². The van der Waals surface area contributed by atoms with E-state index in [4.69, 9.17) is 28.9 Å². The first-order valence-electron chi connectivity index (χ1n) is 5.57. The highest BCUT2D eigenvalue weighted by molar-refractivity contribution is 6.42. The standard InChI is InChI=1S/C12H16Cl2N2/c13-11-4-3-9(6-12(11)14)7-16-5-1-2-10(15)8-16/h3-4,6,10H,1-2,5,7-8,15H2/t10-/m0/s1. The Kier molecular flexibility index (Phi) is 4.09. The Balaban J connectivity index is 2.00. The maximum absolute atomic E-state index is 5.99. The first-order valence-corrected chi connectivity index (χ1v) is 6.32. The molecule has 4 heteroatoms. The summed E-state index contributed by atoms with van der Waals surface area (Å²) < 4.78 is 0. The zero-order chi connectivity index (χ0) is 11.5. The maximum atomic E-state index is 5.99. The van der Waals surface area contributed by atoms with Crippen LogP contribution in [-0.2, 0) is 6.54 Å². The third kappa shape index (κ3) is 3.11. The molecule has 0 saturated carbocycles. The van der Waals surface area contributed by atoms with Gasteiger partial charge in [-0.1, -0.05) is 29.3 Å². The number of likely N-dealkylation sites (tertiary alicyclic amines) is 1. The summed E-state index contributed by atoms with van der Waals surface area (Å²) in [6.45, 7) is 3.00. The molecule has 0 radical (unpaired) electrons. The number of rotatable bonds is 2. The molecule has 1 aliphatic heterocycles. The van der Waals surface area contributed by atoms with Crippen molar-refractivity contribution < 1.29 is 0 Å². The summed E-state index contributed by atoms with van der Waals surface area (Å²) >= 11 is 11.9. The molecule has 0 aliphatic carbocycles. The minimum absolute atomic E-state index is 0.316. The normalized spacial score (nSPS) is 22.3. The van der Waals surface area contributed by atoms with Crippen molar-refractivity contribution in [3.05, 3.63) is 33.8 Å². The first-order chi connectivity index (χ1) is 7.65. The van der Waals surface area contributed by atoms with E-state index in [9.17, 15) is 0 Å². The van der Waals surface area contributed by atoms with Gasteiger partial charge in [0.25, 0.3) is 0 Å². The van der Waals surface area contributed by atoms with Gasteiger partial charge in [-0.25, -0.2) is 0 Å². The van der Waals surface area contributed by atoms with E-state index in [0.717, 1.165) is 26.1 Å². The van der Waals surface area contributed by atoms with Gasteiger partial charge in [-0.2, -0.15) is 0 Å². The maximum Gasteiger partial charge on any atom is 0.0595 e. The Labute approximate surface area is 106 Å². The molecule has 1 heterocycles. The van der Waals surface area contributed by atoms with E-state index in [1.54, 1.807) is 0 Å². The van der Waals surface area contributed by atoms with Crippen LogP contribution < -0.4 is 5.73 Å². The molecule has 88 valence electrons. The Bertz CT molecular complexity index is 368. The van der Waals surface area contributed by atoms with Crippen LogP contribution in [0.3, 0.4) is 0 Å². The van der Waals surface area contributed by atoms with Crippen LogP contribution in [-0.4, -0.2) is 24.0 Å². The van der Waals surface area contributed by atoms with Gasteiger partial charge in [0, 0.05) is 19.1 Å². The van der Waals surface area contributed by atoms with E-state index in [1.807, 2.05) is 18.2 Å². The molecule has 0 bridgehead atoms. The molecule has 0 aromatic heterocycles. The van der Waals surface area contributed by atoms with Gasteiger partial charge in [0.15, 0.2) is 0 Å². The minimum atomic E-state index is 0.316. The lowest BCUT2D eigenvalue weighted by molar-refractivity contribution is 0.201. The molecular weight excluding hydrogens is 243 g/mol. The van der Waals surface area contributed by atoms with E-state index in [2.05, 4.69) is 4.90 Å². The highest BCUT2D eigenvalue weighted by Gasteiger charge is 2.16. The molecule has 1 aromatic rings. The zero-order valence-corrected chi connectivity index (χ0v) is 10.6. The van der Waals surface area contributed by atoms with Crippen molar-refractivity contribution in [2.45, 2.75) is 25.4 Å². The number of halogens is 2. The summed E-state index contributed by atoms with van der Waals surface area (Å²) in [6.07, 6.45) is 2.32. The van der Waals surface area contributed by atoms with E-state index < -0.39 is 0 Å². The summed E-state index contributed by atoms with van der Waals surface area (Å²) in [6, 6.07) is 6.12. The Morgan fingerprint density at radius 3 is 2.81 bits per heavy atom.